The third-order valence-corrected chi connectivity index (χ3v) is 3.09. The van der Waals surface area contributed by atoms with Crippen LogP contribution in [0.15, 0.2) is 60.7 Å². The maximum absolute atomic E-state index is 11.9. The average molecular weight is 250 g/mol. The molecule has 2 aromatic rings. The highest BCUT2D eigenvalue weighted by Crippen LogP contribution is 2.15. The molecule has 1 heteroatoms. The van der Waals surface area contributed by atoms with E-state index in [4.69, 9.17) is 0 Å². The van der Waals surface area contributed by atoms with Crippen LogP contribution in [0.1, 0.15) is 41.3 Å². The first-order chi connectivity index (χ1) is 9.16. The summed E-state index contributed by atoms with van der Waals surface area (Å²) in [6.07, 6.45) is 3.49. The van der Waals surface area contributed by atoms with Crippen molar-refractivity contribution >= 4 is 11.9 Å². The zero-order valence-electron chi connectivity index (χ0n) is 11.3. The molecule has 2 aromatic carbocycles. The molecule has 0 aromatic heterocycles. The molecule has 0 unspecified atom stereocenters. The second-order valence-corrected chi connectivity index (χ2v) is 4.88. The molecule has 0 atom stereocenters. The lowest BCUT2D eigenvalue weighted by atomic mass is 10.0. The van der Waals surface area contributed by atoms with E-state index in [2.05, 4.69) is 26.0 Å². The zero-order valence-corrected chi connectivity index (χ0v) is 11.3. The molecule has 0 radical (unpaired) electrons. The highest BCUT2D eigenvalue weighted by Gasteiger charge is 2.00. The van der Waals surface area contributed by atoms with E-state index in [9.17, 15) is 4.79 Å². The van der Waals surface area contributed by atoms with Gasteiger partial charge in [0.2, 0.25) is 0 Å². The summed E-state index contributed by atoms with van der Waals surface area (Å²) in [5.41, 5.74) is 3.08. The maximum atomic E-state index is 11.9. The summed E-state index contributed by atoms with van der Waals surface area (Å²) >= 11 is 0. The van der Waals surface area contributed by atoms with Gasteiger partial charge in [-0.15, -0.1) is 0 Å². The maximum Gasteiger partial charge on any atom is 0.185 e. The van der Waals surface area contributed by atoms with Crippen molar-refractivity contribution in [1.29, 1.82) is 0 Å². The monoisotopic (exact) mass is 250 g/mol. The van der Waals surface area contributed by atoms with Crippen molar-refractivity contribution in [2.75, 3.05) is 0 Å². The van der Waals surface area contributed by atoms with Crippen LogP contribution in [0.25, 0.3) is 6.08 Å². The Morgan fingerprint density at radius 1 is 0.947 bits per heavy atom. The van der Waals surface area contributed by atoms with Gasteiger partial charge in [-0.25, -0.2) is 0 Å². The Morgan fingerprint density at radius 2 is 1.58 bits per heavy atom. The smallest absolute Gasteiger partial charge is 0.185 e. The van der Waals surface area contributed by atoms with Gasteiger partial charge in [0.05, 0.1) is 0 Å². The van der Waals surface area contributed by atoms with Gasteiger partial charge in [-0.2, -0.15) is 0 Å². The molecule has 0 aliphatic rings. The first-order valence-electron chi connectivity index (χ1n) is 6.54. The van der Waals surface area contributed by atoms with Gasteiger partial charge in [0, 0.05) is 5.56 Å². The predicted octanol–water partition coefficient (Wildman–Crippen LogP) is 4.71. The fourth-order valence-electron chi connectivity index (χ4n) is 1.86. The Bertz CT molecular complexity index is 562. The molecule has 1 nitrogen and oxygen atoms in total. The van der Waals surface area contributed by atoms with Crippen LogP contribution in [0.4, 0.5) is 0 Å². The third-order valence-electron chi connectivity index (χ3n) is 3.09. The fraction of sp³-hybridized carbons (Fsp3) is 0.167. The molecule has 0 bridgehead atoms. The van der Waals surface area contributed by atoms with Gasteiger partial charge in [-0.05, 0) is 23.1 Å². The van der Waals surface area contributed by atoms with Gasteiger partial charge in [-0.1, -0.05) is 74.5 Å². The summed E-state index contributed by atoms with van der Waals surface area (Å²) in [7, 11) is 0. The molecule has 19 heavy (non-hydrogen) atoms. The number of benzene rings is 2. The molecular weight excluding hydrogens is 232 g/mol. The summed E-state index contributed by atoms with van der Waals surface area (Å²) < 4.78 is 0. The van der Waals surface area contributed by atoms with E-state index in [1.165, 1.54) is 5.56 Å². The normalized spacial score (nSPS) is 11.1. The highest BCUT2D eigenvalue weighted by molar-refractivity contribution is 6.06. The van der Waals surface area contributed by atoms with Crippen molar-refractivity contribution in [2.45, 2.75) is 19.8 Å². The molecule has 0 amide bonds. The number of carbonyl (C=O) groups is 1. The Morgan fingerprint density at radius 3 is 2.16 bits per heavy atom. The molecule has 96 valence electrons. The van der Waals surface area contributed by atoms with Crippen molar-refractivity contribution in [1.82, 2.24) is 0 Å². The van der Waals surface area contributed by atoms with Crippen molar-refractivity contribution in [3.8, 4) is 0 Å². The minimum atomic E-state index is 0.0357. The van der Waals surface area contributed by atoms with Crippen LogP contribution in [-0.2, 0) is 0 Å². The summed E-state index contributed by atoms with van der Waals surface area (Å²) in [6, 6.07) is 17.6. The molecule has 0 saturated carbocycles. The van der Waals surface area contributed by atoms with Crippen molar-refractivity contribution in [2.24, 2.45) is 0 Å². The Hall–Kier alpha value is -2.15. The number of hydrogen-bond acceptors (Lipinski definition) is 1. The van der Waals surface area contributed by atoms with Gasteiger partial charge < -0.3 is 0 Å². The van der Waals surface area contributed by atoms with Crippen LogP contribution in [0.5, 0.6) is 0 Å². The zero-order chi connectivity index (χ0) is 13.7. The molecule has 0 heterocycles. The van der Waals surface area contributed by atoms with Gasteiger partial charge in [0.15, 0.2) is 5.78 Å². The molecule has 0 fully saturated rings. The Kier molecular flexibility index (Phi) is 4.30. The molecule has 0 aliphatic carbocycles. The van der Waals surface area contributed by atoms with E-state index in [1.54, 1.807) is 6.08 Å². The van der Waals surface area contributed by atoms with E-state index in [-0.39, 0.29) is 5.78 Å². The SMILES string of the molecule is CC(C)c1ccc(C=CC(=O)c2ccccc2)cc1. The van der Waals surface area contributed by atoms with Gasteiger partial charge in [0.25, 0.3) is 0 Å². The van der Waals surface area contributed by atoms with E-state index in [0.29, 0.717) is 5.92 Å². The highest BCUT2D eigenvalue weighted by atomic mass is 16.1. The second kappa shape index (κ2) is 6.14. The second-order valence-electron chi connectivity index (χ2n) is 4.88. The number of hydrogen-bond donors (Lipinski definition) is 0. The molecule has 2 rings (SSSR count). The lowest BCUT2D eigenvalue weighted by Crippen LogP contribution is -1.92. The van der Waals surface area contributed by atoms with Crippen LogP contribution >= 0.6 is 0 Å². The van der Waals surface area contributed by atoms with Crippen LogP contribution in [0, 0.1) is 0 Å². The van der Waals surface area contributed by atoms with Crippen LogP contribution in [-0.4, -0.2) is 5.78 Å². The van der Waals surface area contributed by atoms with Crippen LogP contribution in [0.2, 0.25) is 0 Å². The molecule has 0 spiro atoms. The Balaban J connectivity index is 2.08. The number of allylic oxidation sites excluding steroid dienone is 1. The summed E-state index contributed by atoms with van der Waals surface area (Å²) in [5.74, 6) is 0.567. The van der Waals surface area contributed by atoms with Crippen molar-refractivity contribution in [3.05, 3.63) is 77.4 Å². The van der Waals surface area contributed by atoms with Gasteiger partial charge >= 0.3 is 0 Å². The number of rotatable bonds is 4. The first-order valence-corrected chi connectivity index (χ1v) is 6.54. The standard InChI is InChI=1S/C18H18O/c1-14(2)16-11-8-15(9-12-16)10-13-18(19)17-6-4-3-5-7-17/h3-14H,1-2H3. The van der Waals surface area contributed by atoms with E-state index >= 15 is 0 Å². The van der Waals surface area contributed by atoms with Crippen LogP contribution in [0.3, 0.4) is 0 Å². The summed E-state index contributed by atoms with van der Waals surface area (Å²) in [6.45, 7) is 4.34. The van der Waals surface area contributed by atoms with Crippen molar-refractivity contribution in [3.63, 3.8) is 0 Å². The number of carbonyl (C=O) groups excluding carboxylic acids is 1. The lowest BCUT2D eigenvalue weighted by Gasteiger charge is -2.04. The van der Waals surface area contributed by atoms with E-state index in [0.717, 1.165) is 11.1 Å². The average Bonchev–Trinajstić information content (AvgIpc) is 2.46. The number of ketones is 1. The first kappa shape index (κ1) is 13.3. The topological polar surface area (TPSA) is 17.1 Å². The minimum absolute atomic E-state index is 0.0357. The van der Waals surface area contributed by atoms with Crippen LogP contribution < -0.4 is 0 Å². The van der Waals surface area contributed by atoms with Crippen molar-refractivity contribution < 1.29 is 4.79 Å². The third kappa shape index (κ3) is 3.65. The molecule has 0 saturated heterocycles. The lowest BCUT2D eigenvalue weighted by molar-refractivity contribution is 0.104. The molecule has 0 N–H and O–H groups in total. The minimum Gasteiger partial charge on any atom is -0.289 e. The van der Waals surface area contributed by atoms with E-state index < -0.39 is 0 Å². The molecular formula is C18H18O. The quantitative estimate of drug-likeness (QED) is 0.567. The van der Waals surface area contributed by atoms with E-state index in [1.807, 2.05) is 48.5 Å². The largest absolute Gasteiger partial charge is 0.289 e. The predicted molar refractivity (Wildman–Crippen MR) is 80.3 cm³/mol. The fourth-order valence-corrected chi connectivity index (χ4v) is 1.86. The summed E-state index contributed by atoms with van der Waals surface area (Å²) in [5, 5.41) is 0. The Labute approximate surface area is 114 Å². The molecule has 0 aliphatic heterocycles. The summed E-state index contributed by atoms with van der Waals surface area (Å²) in [4.78, 5) is 11.9. The van der Waals surface area contributed by atoms with Gasteiger partial charge in [0.1, 0.15) is 0 Å². The van der Waals surface area contributed by atoms with Gasteiger partial charge in [-0.3, -0.25) is 4.79 Å².